The fourth-order valence-corrected chi connectivity index (χ4v) is 4.54. The van der Waals surface area contributed by atoms with Crippen molar-refractivity contribution in [3.63, 3.8) is 0 Å². The number of carbonyl (C=O) groups is 1. The Kier molecular flexibility index (Phi) is 6.38. The third-order valence-electron chi connectivity index (χ3n) is 5.26. The zero-order chi connectivity index (χ0) is 22.9. The number of hydrogen-bond acceptors (Lipinski definition) is 5. The van der Waals surface area contributed by atoms with Crippen molar-refractivity contribution in [1.29, 1.82) is 0 Å². The highest BCUT2D eigenvalue weighted by Crippen LogP contribution is 2.21. The fourth-order valence-electron chi connectivity index (χ4n) is 3.32. The van der Waals surface area contributed by atoms with Gasteiger partial charge in [0, 0.05) is 12.7 Å². The molecule has 1 heterocycles. The summed E-state index contributed by atoms with van der Waals surface area (Å²) < 4.78 is 34.9. The van der Waals surface area contributed by atoms with Gasteiger partial charge in [-0.25, -0.2) is 13.2 Å². The Morgan fingerprint density at radius 3 is 2.55 bits per heavy atom. The Morgan fingerprint density at radius 1 is 1.16 bits per heavy atom. The van der Waals surface area contributed by atoms with Crippen LogP contribution in [0.5, 0.6) is 0 Å². The van der Waals surface area contributed by atoms with E-state index in [1.165, 1.54) is 29.8 Å². The van der Waals surface area contributed by atoms with E-state index in [2.05, 4.69) is 10.0 Å². The Labute approximate surface area is 181 Å². The summed E-state index contributed by atoms with van der Waals surface area (Å²) in [7, 11) is -2.53. The molecule has 0 spiro atoms. The van der Waals surface area contributed by atoms with Gasteiger partial charge in [-0.05, 0) is 61.6 Å². The van der Waals surface area contributed by atoms with Crippen molar-refractivity contribution in [2.75, 3.05) is 5.32 Å². The standard InChI is InChI=1S/C22H27N3O5S/c1-13(2)11-18(21(26)23-17-8-6-7-14(3)15(17)4)24-31(28,29)16-9-10-20-19(12-16)25(5)22(27)30-20/h6-10,12-13,18,24H,11H2,1-5H3,(H,23,26)/t18-/m1/s1. The van der Waals surface area contributed by atoms with Crippen molar-refractivity contribution in [3.05, 3.63) is 58.1 Å². The number of nitrogens with zero attached hydrogens (tertiary/aromatic N) is 1. The lowest BCUT2D eigenvalue weighted by Gasteiger charge is -2.21. The number of sulfonamides is 1. The molecule has 0 saturated carbocycles. The molecule has 0 aliphatic heterocycles. The van der Waals surface area contributed by atoms with Crippen LogP contribution in [0.2, 0.25) is 0 Å². The molecule has 0 aliphatic rings. The highest BCUT2D eigenvalue weighted by molar-refractivity contribution is 7.89. The van der Waals surface area contributed by atoms with E-state index in [1.54, 1.807) is 6.07 Å². The van der Waals surface area contributed by atoms with E-state index in [0.717, 1.165) is 11.1 Å². The number of rotatable bonds is 7. The molecule has 0 radical (unpaired) electrons. The molecule has 0 saturated heterocycles. The van der Waals surface area contributed by atoms with Crippen LogP contribution in [-0.2, 0) is 21.9 Å². The molecule has 1 aromatic heterocycles. The van der Waals surface area contributed by atoms with Crippen LogP contribution in [0.3, 0.4) is 0 Å². The largest absolute Gasteiger partial charge is 0.419 e. The molecular weight excluding hydrogens is 418 g/mol. The van der Waals surface area contributed by atoms with Crippen molar-refractivity contribution in [1.82, 2.24) is 9.29 Å². The molecule has 2 N–H and O–H groups in total. The van der Waals surface area contributed by atoms with Gasteiger partial charge in [-0.2, -0.15) is 4.72 Å². The summed E-state index contributed by atoms with van der Waals surface area (Å²) in [5.74, 6) is -0.930. The van der Waals surface area contributed by atoms with Gasteiger partial charge in [-0.15, -0.1) is 0 Å². The van der Waals surface area contributed by atoms with Gasteiger partial charge in [0.25, 0.3) is 0 Å². The summed E-state index contributed by atoms with van der Waals surface area (Å²) in [6.07, 6.45) is 0.322. The lowest BCUT2D eigenvalue weighted by molar-refractivity contribution is -0.118. The number of carbonyl (C=O) groups excluding carboxylic acids is 1. The van der Waals surface area contributed by atoms with Crippen LogP contribution >= 0.6 is 0 Å². The number of hydrogen-bond donors (Lipinski definition) is 2. The van der Waals surface area contributed by atoms with Crippen LogP contribution in [-0.4, -0.2) is 24.9 Å². The highest BCUT2D eigenvalue weighted by atomic mass is 32.2. The van der Waals surface area contributed by atoms with Crippen molar-refractivity contribution in [2.24, 2.45) is 13.0 Å². The van der Waals surface area contributed by atoms with Crippen molar-refractivity contribution >= 4 is 32.7 Å². The molecule has 1 amide bonds. The molecule has 8 nitrogen and oxygen atoms in total. The Bertz CT molecular complexity index is 1290. The summed E-state index contributed by atoms with van der Waals surface area (Å²) in [5.41, 5.74) is 3.24. The Balaban J connectivity index is 1.90. The van der Waals surface area contributed by atoms with Crippen molar-refractivity contribution in [2.45, 2.75) is 45.1 Å². The molecule has 9 heteroatoms. The van der Waals surface area contributed by atoms with E-state index in [0.29, 0.717) is 17.6 Å². The first-order chi connectivity index (χ1) is 14.5. The molecule has 3 rings (SSSR count). The third-order valence-corrected chi connectivity index (χ3v) is 6.73. The zero-order valence-electron chi connectivity index (χ0n) is 18.2. The van der Waals surface area contributed by atoms with E-state index in [9.17, 15) is 18.0 Å². The number of aryl methyl sites for hydroxylation is 2. The summed E-state index contributed by atoms with van der Waals surface area (Å²) >= 11 is 0. The van der Waals surface area contributed by atoms with Gasteiger partial charge in [-0.1, -0.05) is 26.0 Å². The molecule has 166 valence electrons. The summed E-state index contributed by atoms with van der Waals surface area (Å²) in [6.45, 7) is 7.68. The molecule has 2 aromatic carbocycles. The summed E-state index contributed by atoms with van der Waals surface area (Å²) in [5, 5.41) is 2.85. The Hall–Kier alpha value is -2.91. The van der Waals surface area contributed by atoms with Crippen LogP contribution in [0.15, 0.2) is 50.5 Å². The van der Waals surface area contributed by atoms with E-state index < -0.39 is 27.7 Å². The molecule has 0 aliphatic carbocycles. The average molecular weight is 446 g/mol. The van der Waals surface area contributed by atoms with Gasteiger partial charge < -0.3 is 9.73 Å². The number of amides is 1. The third kappa shape index (κ3) is 4.88. The van der Waals surface area contributed by atoms with Gasteiger partial charge in [0.2, 0.25) is 15.9 Å². The van der Waals surface area contributed by atoms with Gasteiger partial charge in [0.15, 0.2) is 5.58 Å². The van der Waals surface area contributed by atoms with Crippen LogP contribution in [0.4, 0.5) is 5.69 Å². The average Bonchev–Trinajstić information content (AvgIpc) is 2.98. The maximum absolute atomic E-state index is 13.1. The second kappa shape index (κ2) is 8.68. The second-order valence-corrected chi connectivity index (χ2v) is 9.81. The number of anilines is 1. The number of nitrogens with one attached hydrogen (secondary N) is 2. The number of oxazole rings is 1. The zero-order valence-corrected chi connectivity index (χ0v) is 19.0. The number of aromatic nitrogens is 1. The Morgan fingerprint density at radius 2 is 1.87 bits per heavy atom. The molecule has 0 bridgehead atoms. The van der Waals surface area contributed by atoms with Crippen molar-refractivity contribution < 1.29 is 17.6 Å². The molecule has 0 unspecified atom stereocenters. The van der Waals surface area contributed by atoms with Crippen LogP contribution in [0.25, 0.3) is 11.1 Å². The van der Waals surface area contributed by atoms with Crippen molar-refractivity contribution in [3.8, 4) is 0 Å². The highest BCUT2D eigenvalue weighted by Gasteiger charge is 2.27. The van der Waals surface area contributed by atoms with Gasteiger partial charge >= 0.3 is 5.76 Å². The predicted octanol–water partition coefficient (Wildman–Crippen LogP) is 3.08. The first-order valence-electron chi connectivity index (χ1n) is 9.98. The topological polar surface area (TPSA) is 110 Å². The van der Waals surface area contributed by atoms with Gasteiger partial charge in [0.1, 0.15) is 6.04 Å². The maximum Gasteiger partial charge on any atom is 0.419 e. The smallest absolute Gasteiger partial charge is 0.408 e. The lowest BCUT2D eigenvalue weighted by Crippen LogP contribution is -2.44. The van der Waals surface area contributed by atoms with Gasteiger partial charge in [-0.3, -0.25) is 9.36 Å². The van der Waals surface area contributed by atoms with E-state index >= 15 is 0 Å². The molecular formula is C22H27N3O5S. The van der Waals surface area contributed by atoms with Gasteiger partial charge in [0.05, 0.1) is 10.4 Å². The second-order valence-electron chi connectivity index (χ2n) is 8.10. The minimum absolute atomic E-state index is 0.0512. The van der Waals surface area contributed by atoms with E-state index in [1.807, 2.05) is 39.8 Å². The molecule has 0 fully saturated rings. The summed E-state index contributed by atoms with van der Waals surface area (Å²) in [6, 6.07) is 8.74. The fraction of sp³-hybridized carbons (Fsp3) is 0.364. The molecule has 1 atom stereocenters. The van der Waals surface area contributed by atoms with Crippen LogP contribution in [0, 0.1) is 19.8 Å². The van der Waals surface area contributed by atoms with Crippen LogP contribution < -0.4 is 15.8 Å². The minimum atomic E-state index is -4.03. The number of fused-ring (bicyclic) bond motifs is 1. The van der Waals surface area contributed by atoms with Crippen LogP contribution in [0.1, 0.15) is 31.4 Å². The minimum Gasteiger partial charge on any atom is -0.408 e. The molecule has 31 heavy (non-hydrogen) atoms. The van der Waals surface area contributed by atoms with E-state index in [4.69, 9.17) is 4.42 Å². The maximum atomic E-state index is 13.1. The molecule has 3 aromatic rings. The lowest BCUT2D eigenvalue weighted by atomic mass is 10.0. The summed E-state index contributed by atoms with van der Waals surface area (Å²) in [4.78, 5) is 24.6. The predicted molar refractivity (Wildman–Crippen MR) is 120 cm³/mol. The first-order valence-corrected chi connectivity index (χ1v) is 11.5. The number of benzene rings is 2. The monoisotopic (exact) mass is 445 g/mol. The normalized spacial score (nSPS) is 13.0. The SMILES string of the molecule is Cc1cccc(NC(=O)[C@@H](CC(C)C)NS(=O)(=O)c2ccc3oc(=O)n(C)c3c2)c1C. The first kappa shape index (κ1) is 22.8. The van der Waals surface area contributed by atoms with E-state index in [-0.39, 0.29) is 16.4 Å². The quantitative estimate of drug-likeness (QED) is 0.581.